The van der Waals surface area contributed by atoms with Crippen molar-refractivity contribution < 1.29 is 23.5 Å². The quantitative estimate of drug-likeness (QED) is 0.464. The first-order valence-corrected chi connectivity index (χ1v) is 8.50. The number of primary amides is 1. The third-order valence-electron chi connectivity index (χ3n) is 3.53. The Morgan fingerprint density at radius 2 is 1.62 bits per heavy atom. The minimum absolute atomic E-state index is 0.0726. The van der Waals surface area contributed by atoms with Crippen LogP contribution in [0.3, 0.4) is 0 Å². The molecule has 2 N–H and O–H groups in total. The smallest absolute Gasteiger partial charge is 0.271 e. The zero-order valence-corrected chi connectivity index (χ0v) is 15.8. The average molecular weight is 417 g/mol. The summed E-state index contributed by atoms with van der Waals surface area (Å²) in [7, 11) is 1.26. The SMILES string of the molecule is CON=C(C(N)=O)c1ccccc1Oc1ncnc(Oc2ccccc2Cl)c1F. The molecular weight excluding hydrogens is 403 g/mol. The van der Waals surface area contributed by atoms with Crippen molar-refractivity contribution in [1.29, 1.82) is 0 Å². The van der Waals surface area contributed by atoms with Crippen LogP contribution in [-0.4, -0.2) is 28.7 Å². The van der Waals surface area contributed by atoms with Crippen molar-refractivity contribution in [2.45, 2.75) is 0 Å². The largest absolute Gasteiger partial charge is 0.436 e. The van der Waals surface area contributed by atoms with Crippen LogP contribution in [0.25, 0.3) is 0 Å². The van der Waals surface area contributed by atoms with Crippen molar-refractivity contribution in [2.24, 2.45) is 10.9 Å². The molecule has 148 valence electrons. The van der Waals surface area contributed by atoms with Gasteiger partial charge in [0.25, 0.3) is 17.7 Å². The number of benzene rings is 2. The van der Waals surface area contributed by atoms with E-state index in [0.717, 1.165) is 6.33 Å². The van der Waals surface area contributed by atoms with Crippen LogP contribution in [0, 0.1) is 5.82 Å². The molecular formula is C19H14ClFN4O4. The first kappa shape index (κ1) is 20.0. The summed E-state index contributed by atoms with van der Waals surface area (Å²) in [4.78, 5) is 23.9. The van der Waals surface area contributed by atoms with E-state index < -0.39 is 17.6 Å². The summed E-state index contributed by atoms with van der Waals surface area (Å²) >= 11 is 6.02. The Bertz CT molecular complexity index is 1080. The van der Waals surface area contributed by atoms with Crippen LogP contribution >= 0.6 is 11.6 Å². The molecule has 0 aliphatic rings. The first-order valence-electron chi connectivity index (χ1n) is 8.12. The average Bonchev–Trinajstić information content (AvgIpc) is 2.71. The molecule has 0 bridgehead atoms. The normalized spacial score (nSPS) is 11.1. The maximum Gasteiger partial charge on any atom is 0.271 e. The molecule has 0 aliphatic carbocycles. The van der Waals surface area contributed by atoms with Gasteiger partial charge in [0, 0.05) is 0 Å². The van der Waals surface area contributed by atoms with E-state index in [1.165, 1.54) is 19.2 Å². The van der Waals surface area contributed by atoms with Crippen molar-refractivity contribution in [2.75, 3.05) is 7.11 Å². The van der Waals surface area contributed by atoms with Gasteiger partial charge < -0.3 is 20.0 Å². The summed E-state index contributed by atoms with van der Waals surface area (Å²) in [6, 6.07) is 12.8. The first-order chi connectivity index (χ1) is 14.0. The number of aromatic nitrogens is 2. The van der Waals surface area contributed by atoms with Crippen molar-refractivity contribution in [3.8, 4) is 23.3 Å². The topological polar surface area (TPSA) is 109 Å². The number of para-hydroxylation sites is 2. The molecule has 3 aromatic rings. The Hall–Kier alpha value is -3.72. The van der Waals surface area contributed by atoms with Crippen molar-refractivity contribution in [3.05, 3.63) is 71.3 Å². The second-order valence-electron chi connectivity index (χ2n) is 5.42. The Labute approximate surface area is 169 Å². The van der Waals surface area contributed by atoms with Crippen molar-refractivity contribution in [1.82, 2.24) is 9.97 Å². The highest BCUT2D eigenvalue weighted by Gasteiger charge is 2.21. The van der Waals surface area contributed by atoms with E-state index in [1.807, 2.05) is 0 Å². The van der Waals surface area contributed by atoms with Crippen LogP contribution in [0.1, 0.15) is 5.56 Å². The lowest BCUT2D eigenvalue weighted by Crippen LogP contribution is -2.25. The highest BCUT2D eigenvalue weighted by molar-refractivity contribution is 6.45. The monoisotopic (exact) mass is 416 g/mol. The molecule has 0 saturated heterocycles. The van der Waals surface area contributed by atoms with Gasteiger partial charge in [-0.15, -0.1) is 0 Å². The number of oxime groups is 1. The molecule has 1 amide bonds. The molecule has 1 aromatic heterocycles. The summed E-state index contributed by atoms with van der Waals surface area (Å²) in [5.74, 6) is -2.36. The van der Waals surface area contributed by atoms with Gasteiger partial charge in [-0.3, -0.25) is 4.79 Å². The van der Waals surface area contributed by atoms with Crippen LogP contribution in [0.2, 0.25) is 5.02 Å². The summed E-state index contributed by atoms with van der Waals surface area (Å²) in [5.41, 5.74) is 5.32. The van der Waals surface area contributed by atoms with Crippen LogP contribution in [0.15, 0.2) is 60.0 Å². The zero-order valence-electron chi connectivity index (χ0n) is 15.0. The maximum absolute atomic E-state index is 14.9. The van der Waals surface area contributed by atoms with Gasteiger partial charge >= 0.3 is 0 Å². The number of hydrogen-bond acceptors (Lipinski definition) is 7. The second kappa shape index (κ2) is 8.98. The van der Waals surface area contributed by atoms with E-state index in [-0.39, 0.29) is 33.7 Å². The summed E-state index contributed by atoms with van der Waals surface area (Å²) in [5, 5.41) is 3.88. The molecule has 0 saturated carbocycles. The summed E-state index contributed by atoms with van der Waals surface area (Å²) < 4.78 is 25.8. The molecule has 1 heterocycles. The van der Waals surface area contributed by atoms with E-state index in [4.69, 9.17) is 26.8 Å². The number of nitrogens with zero attached hydrogens (tertiary/aromatic N) is 3. The number of carbonyl (C=O) groups excluding carboxylic acids is 1. The predicted molar refractivity (Wildman–Crippen MR) is 103 cm³/mol. The fourth-order valence-electron chi connectivity index (χ4n) is 2.29. The second-order valence-corrected chi connectivity index (χ2v) is 5.82. The van der Waals surface area contributed by atoms with Gasteiger partial charge in [-0.1, -0.05) is 41.0 Å². The van der Waals surface area contributed by atoms with Gasteiger partial charge in [0.2, 0.25) is 5.82 Å². The Balaban J connectivity index is 1.95. The molecule has 0 aliphatic heterocycles. The molecule has 0 radical (unpaired) electrons. The van der Waals surface area contributed by atoms with E-state index in [9.17, 15) is 9.18 Å². The predicted octanol–water partition coefficient (Wildman–Crippen LogP) is 3.69. The number of amides is 1. The van der Waals surface area contributed by atoms with Gasteiger partial charge in [-0.05, 0) is 24.3 Å². The van der Waals surface area contributed by atoms with Crippen molar-refractivity contribution in [3.63, 3.8) is 0 Å². The number of hydrogen-bond donors (Lipinski definition) is 1. The number of nitrogens with two attached hydrogens (primary N) is 1. The molecule has 0 unspecified atom stereocenters. The van der Waals surface area contributed by atoms with Crippen LogP contribution in [0.4, 0.5) is 4.39 Å². The summed E-state index contributed by atoms with van der Waals surface area (Å²) in [6.45, 7) is 0. The molecule has 2 aromatic carbocycles. The third kappa shape index (κ3) is 4.58. The van der Waals surface area contributed by atoms with Gasteiger partial charge in [0.15, 0.2) is 5.71 Å². The standard InChI is InChI=1S/C19H14ClFN4O4/c1-27-25-16(17(22)26)11-6-2-4-8-13(11)28-18-15(21)19(24-10-23-18)29-14-9-5-3-7-12(14)20/h2-10H,1H3,(H2,22,26). The molecule has 0 fully saturated rings. The lowest BCUT2D eigenvalue weighted by molar-refractivity contribution is -0.112. The molecule has 0 atom stereocenters. The zero-order chi connectivity index (χ0) is 20.8. The van der Waals surface area contributed by atoms with Gasteiger partial charge in [-0.25, -0.2) is 0 Å². The Morgan fingerprint density at radius 3 is 2.24 bits per heavy atom. The van der Waals surface area contributed by atoms with E-state index in [1.54, 1.807) is 36.4 Å². The summed E-state index contributed by atoms with van der Waals surface area (Å²) in [6.07, 6.45) is 1.06. The molecule has 8 nitrogen and oxygen atoms in total. The number of carbonyl (C=O) groups is 1. The van der Waals surface area contributed by atoms with E-state index in [0.29, 0.717) is 0 Å². The van der Waals surface area contributed by atoms with E-state index >= 15 is 0 Å². The fourth-order valence-corrected chi connectivity index (χ4v) is 2.46. The number of halogens is 2. The van der Waals surface area contributed by atoms with Gasteiger partial charge in [0.05, 0.1) is 10.6 Å². The lowest BCUT2D eigenvalue weighted by Gasteiger charge is -2.12. The van der Waals surface area contributed by atoms with Crippen molar-refractivity contribution >= 4 is 23.2 Å². The minimum atomic E-state index is -0.966. The Kier molecular flexibility index (Phi) is 6.20. The minimum Gasteiger partial charge on any atom is -0.436 e. The fraction of sp³-hybridized carbons (Fsp3) is 0.0526. The lowest BCUT2D eigenvalue weighted by atomic mass is 10.1. The number of ether oxygens (including phenoxy) is 2. The molecule has 29 heavy (non-hydrogen) atoms. The molecule has 0 spiro atoms. The number of rotatable bonds is 7. The van der Waals surface area contributed by atoms with E-state index in [2.05, 4.69) is 20.0 Å². The Morgan fingerprint density at radius 1 is 1.03 bits per heavy atom. The van der Waals surface area contributed by atoms with Crippen LogP contribution in [0.5, 0.6) is 23.3 Å². The van der Waals surface area contributed by atoms with Crippen LogP contribution in [-0.2, 0) is 9.63 Å². The molecule has 3 rings (SSSR count). The van der Waals surface area contributed by atoms with Crippen LogP contribution < -0.4 is 15.2 Å². The highest BCUT2D eigenvalue weighted by atomic mass is 35.5. The van der Waals surface area contributed by atoms with Gasteiger partial charge in [0.1, 0.15) is 24.9 Å². The van der Waals surface area contributed by atoms with Gasteiger partial charge in [-0.2, -0.15) is 14.4 Å². The highest BCUT2D eigenvalue weighted by Crippen LogP contribution is 2.33. The molecule has 10 heteroatoms. The maximum atomic E-state index is 14.9. The third-order valence-corrected chi connectivity index (χ3v) is 3.85.